The first-order valence-electron chi connectivity index (χ1n) is 10.8. The predicted molar refractivity (Wildman–Crippen MR) is 131 cm³/mol. The molecule has 1 N–H and O–H groups in total. The number of methoxy groups -OCH3 is 2. The fourth-order valence-electron chi connectivity index (χ4n) is 3.79. The van der Waals surface area contributed by atoms with Gasteiger partial charge in [0.25, 0.3) is 5.91 Å². The van der Waals surface area contributed by atoms with Crippen LogP contribution >= 0.6 is 11.6 Å². The summed E-state index contributed by atoms with van der Waals surface area (Å²) < 4.78 is 16.2. The molecule has 3 aromatic carbocycles. The fourth-order valence-corrected chi connectivity index (χ4v) is 4.00. The predicted octanol–water partition coefficient (Wildman–Crippen LogP) is 4.85. The molecule has 0 bridgehead atoms. The van der Waals surface area contributed by atoms with Crippen molar-refractivity contribution in [3.05, 3.63) is 76.8 Å². The maximum atomic E-state index is 12.6. The van der Waals surface area contributed by atoms with E-state index in [0.29, 0.717) is 46.6 Å². The standard InChI is InChI=1S/C26H25ClN2O5/c1-32-23-9-6-17(13-24(23)33-2)7-11-25(30)28-20-8-10-22-21(14-20)29(26(31)16-34-22)15-18-4-3-5-19(27)12-18/h3-6,8-10,12-14H,7,11,15-16H2,1-2H3,(H,28,30). The molecular formula is C26H25ClN2O5. The molecule has 1 aliphatic rings. The van der Waals surface area contributed by atoms with Gasteiger partial charge in [0.15, 0.2) is 18.1 Å². The van der Waals surface area contributed by atoms with Gasteiger partial charge in [-0.2, -0.15) is 0 Å². The first-order valence-corrected chi connectivity index (χ1v) is 11.2. The molecular weight excluding hydrogens is 456 g/mol. The van der Waals surface area contributed by atoms with E-state index >= 15 is 0 Å². The Morgan fingerprint density at radius 3 is 2.62 bits per heavy atom. The molecule has 176 valence electrons. The van der Waals surface area contributed by atoms with Crippen LogP contribution in [0.1, 0.15) is 17.5 Å². The van der Waals surface area contributed by atoms with Crippen LogP contribution in [0.4, 0.5) is 11.4 Å². The van der Waals surface area contributed by atoms with Crippen molar-refractivity contribution in [2.45, 2.75) is 19.4 Å². The zero-order valence-electron chi connectivity index (χ0n) is 19.0. The number of carbonyl (C=O) groups is 2. The quantitative estimate of drug-likeness (QED) is 0.498. The number of amides is 2. The van der Waals surface area contributed by atoms with Crippen molar-refractivity contribution in [1.29, 1.82) is 0 Å². The van der Waals surface area contributed by atoms with Gasteiger partial charge in [0, 0.05) is 17.1 Å². The zero-order valence-corrected chi connectivity index (χ0v) is 19.7. The fraction of sp³-hybridized carbons (Fsp3) is 0.231. The average Bonchev–Trinajstić information content (AvgIpc) is 2.84. The number of carbonyl (C=O) groups excluding carboxylic acids is 2. The molecule has 34 heavy (non-hydrogen) atoms. The smallest absolute Gasteiger partial charge is 0.265 e. The van der Waals surface area contributed by atoms with Crippen molar-refractivity contribution in [3.8, 4) is 17.2 Å². The zero-order chi connectivity index (χ0) is 24.1. The lowest BCUT2D eigenvalue weighted by atomic mass is 10.1. The SMILES string of the molecule is COc1ccc(CCC(=O)Nc2ccc3c(c2)N(Cc2cccc(Cl)c2)C(=O)CO3)cc1OC. The number of benzene rings is 3. The van der Waals surface area contributed by atoms with Crippen LogP contribution in [-0.2, 0) is 22.6 Å². The largest absolute Gasteiger partial charge is 0.493 e. The number of ether oxygens (including phenoxy) is 3. The van der Waals surface area contributed by atoms with Crippen molar-refractivity contribution in [1.82, 2.24) is 0 Å². The van der Waals surface area contributed by atoms with Gasteiger partial charge in [0.05, 0.1) is 26.5 Å². The van der Waals surface area contributed by atoms with Crippen LogP contribution in [0.2, 0.25) is 5.02 Å². The van der Waals surface area contributed by atoms with E-state index in [-0.39, 0.29) is 24.8 Å². The lowest BCUT2D eigenvalue weighted by Crippen LogP contribution is -2.38. The normalized spacial score (nSPS) is 12.6. The summed E-state index contributed by atoms with van der Waals surface area (Å²) in [5, 5.41) is 3.52. The third kappa shape index (κ3) is 5.43. The van der Waals surface area contributed by atoms with E-state index in [0.717, 1.165) is 11.1 Å². The van der Waals surface area contributed by atoms with Gasteiger partial charge in [-0.15, -0.1) is 0 Å². The molecule has 0 unspecified atom stereocenters. The second-order valence-corrected chi connectivity index (χ2v) is 8.25. The molecule has 1 aliphatic heterocycles. The molecule has 0 spiro atoms. The second-order valence-electron chi connectivity index (χ2n) is 7.82. The Morgan fingerprint density at radius 1 is 1.03 bits per heavy atom. The van der Waals surface area contributed by atoms with E-state index in [9.17, 15) is 9.59 Å². The van der Waals surface area contributed by atoms with Crippen LogP contribution in [0.15, 0.2) is 60.7 Å². The van der Waals surface area contributed by atoms with Gasteiger partial charge in [-0.25, -0.2) is 0 Å². The van der Waals surface area contributed by atoms with E-state index in [1.54, 1.807) is 43.4 Å². The lowest BCUT2D eigenvalue weighted by Gasteiger charge is -2.30. The summed E-state index contributed by atoms with van der Waals surface area (Å²) in [6.07, 6.45) is 0.827. The minimum Gasteiger partial charge on any atom is -0.493 e. The highest BCUT2D eigenvalue weighted by Crippen LogP contribution is 2.36. The summed E-state index contributed by atoms with van der Waals surface area (Å²) in [6, 6.07) is 18.2. The Hall–Kier alpha value is -3.71. The number of anilines is 2. The highest BCUT2D eigenvalue weighted by atomic mass is 35.5. The molecule has 0 aliphatic carbocycles. The third-order valence-corrected chi connectivity index (χ3v) is 5.74. The van der Waals surface area contributed by atoms with E-state index < -0.39 is 0 Å². The molecule has 2 amide bonds. The van der Waals surface area contributed by atoms with Gasteiger partial charge in [-0.1, -0.05) is 29.8 Å². The topological polar surface area (TPSA) is 77.1 Å². The van der Waals surface area contributed by atoms with Crippen LogP contribution in [0.3, 0.4) is 0 Å². The number of nitrogens with one attached hydrogen (secondary N) is 1. The van der Waals surface area contributed by atoms with E-state index in [1.807, 2.05) is 36.4 Å². The number of hydrogen-bond donors (Lipinski definition) is 1. The van der Waals surface area contributed by atoms with E-state index in [2.05, 4.69) is 5.32 Å². The van der Waals surface area contributed by atoms with Crippen molar-refractivity contribution < 1.29 is 23.8 Å². The van der Waals surface area contributed by atoms with Crippen LogP contribution in [-0.4, -0.2) is 32.6 Å². The van der Waals surface area contributed by atoms with Crippen molar-refractivity contribution in [3.63, 3.8) is 0 Å². The molecule has 0 atom stereocenters. The molecule has 0 saturated carbocycles. The van der Waals surface area contributed by atoms with Crippen LogP contribution in [0.25, 0.3) is 0 Å². The molecule has 0 aromatic heterocycles. The monoisotopic (exact) mass is 480 g/mol. The van der Waals surface area contributed by atoms with Gasteiger partial charge in [-0.05, 0) is 60.0 Å². The van der Waals surface area contributed by atoms with Gasteiger partial charge >= 0.3 is 0 Å². The number of nitrogens with zero attached hydrogens (tertiary/aromatic N) is 1. The number of aryl methyl sites for hydroxylation is 1. The van der Waals surface area contributed by atoms with Crippen LogP contribution < -0.4 is 24.4 Å². The van der Waals surface area contributed by atoms with Gasteiger partial charge in [0.1, 0.15) is 5.75 Å². The van der Waals surface area contributed by atoms with E-state index in [1.165, 1.54) is 0 Å². The minimum absolute atomic E-state index is 0.0371. The Kier molecular flexibility index (Phi) is 7.23. The summed E-state index contributed by atoms with van der Waals surface area (Å²) in [7, 11) is 3.16. The molecule has 3 aromatic rings. The van der Waals surface area contributed by atoms with Gasteiger partial charge < -0.3 is 24.4 Å². The minimum atomic E-state index is -0.163. The molecule has 1 heterocycles. The van der Waals surface area contributed by atoms with E-state index in [4.69, 9.17) is 25.8 Å². The number of fused-ring (bicyclic) bond motifs is 1. The Bertz CT molecular complexity index is 1210. The molecule has 0 fully saturated rings. The first kappa shape index (κ1) is 23.4. The maximum Gasteiger partial charge on any atom is 0.265 e. The summed E-state index contributed by atoms with van der Waals surface area (Å²) in [5.74, 6) is 1.55. The van der Waals surface area contributed by atoms with Crippen LogP contribution in [0.5, 0.6) is 17.2 Å². The van der Waals surface area contributed by atoms with Crippen molar-refractivity contribution in [2.24, 2.45) is 0 Å². The Balaban J connectivity index is 1.45. The highest BCUT2D eigenvalue weighted by molar-refractivity contribution is 6.30. The number of rotatable bonds is 8. The molecule has 4 rings (SSSR count). The first-order chi connectivity index (χ1) is 16.5. The van der Waals surface area contributed by atoms with Crippen molar-refractivity contribution >= 4 is 34.8 Å². The second kappa shape index (κ2) is 10.5. The van der Waals surface area contributed by atoms with Crippen LogP contribution in [0, 0.1) is 0 Å². The summed E-state index contributed by atoms with van der Waals surface area (Å²) in [4.78, 5) is 26.9. The molecule has 0 saturated heterocycles. The highest BCUT2D eigenvalue weighted by Gasteiger charge is 2.26. The average molecular weight is 481 g/mol. The van der Waals surface area contributed by atoms with Gasteiger partial charge in [0.2, 0.25) is 5.91 Å². The third-order valence-electron chi connectivity index (χ3n) is 5.50. The molecule has 8 heteroatoms. The Morgan fingerprint density at radius 2 is 1.85 bits per heavy atom. The number of hydrogen-bond acceptors (Lipinski definition) is 5. The molecule has 0 radical (unpaired) electrons. The molecule has 7 nitrogen and oxygen atoms in total. The summed E-state index contributed by atoms with van der Waals surface area (Å²) in [6.45, 7) is 0.317. The maximum absolute atomic E-state index is 12.6. The summed E-state index contributed by atoms with van der Waals surface area (Å²) >= 11 is 6.10. The number of halogens is 1. The lowest BCUT2D eigenvalue weighted by molar-refractivity contribution is -0.121. The summed E-state index contributed by atoms with van der Waals surface area (Å²) in [5.41, 5.74) is 3.06. The Labute approximate surface area is 203 Å². The van der Waals surface area contributed by atoms with Gasteiger partial charge in [-0.3, -0.25) is 9.59 Å². The van der Waals surface area contributed by atoms with Crippen molar-refractivity contribution in [2.75, 3.05) is 31.0 Å².